The van der Waals surface area contributed by atoms with E-state index < -0.39 is 0 Å². The average Bonchev–Trinajstić information content (AvgIpc) is 2.86. The van der Waals surface area contributed by atoms with E-state index in [1.54, 1.807) is 36.6 Å². The molecule has 6 heteroatoms. The minimum absolute atomic E-state index is 0.136. The van der Waals surface area contributed by atoms with Crippen LogP contribution in [0.4, 0.5) is 10.3 Å². The lowest BCUT2D eigenvalue weighted by atomic mass is 10.2. The molecule has 1 aromatic carbocycles. The first-order chi connectivity index (χ1) is 10.2. The molecule has 0 fully saturated rings. The Morgan fingerprint density at radius 2 is 2.10 bits per heavy atom. The van der Waals surface area contributed by atoms with Gasteiger partial charge in [-0.25, -0.2) is 9.37 Å². The Hall–Kier alpha value is -2.21. The third-order valence-electron chi connectivity index (χ3n) is 3.03. The molecule has 0 aliphatic rings. The van der Waals surface area contributed by atoms with Crippen molar-refractivity contribution in [2.75, 3.05) is 12.4 Å². The van der Waals surface area contributed by atoms with Crippen LogP contribution in [0.5, 0.6) is 5.88 Å². The number of nitrogens with zero attached hydrogens (tertiary/aromatic N) is 2. The first kappa shape index (κ1) is 13.8. The number of anilines is 1. The zero-order chi connectivity index (χ0) is 14.8. The van der Waals surface area contributed by atoms with Crippen molar-refractivity contribution in [1.82, 2.24) is 9.97 Å². The van der Waals surface area contributed by atoms with E-state index in [4.69, 9.17) is 4.74 Å². The number of nitrogens with one attached hydrogen (secondary N) is 1. The number of thiophene rings is 1. The normalized spacial score (nSPS) is 10.8. The highest BCUT2D eigenvalue weighted by Crippen LogP contribution is 2.31. The van der Waals surface area contributed by atoms with Crippen molar-refractivity contribution in [3.8, 4) is 5.88 Å². The SMILES string of the molecule is CNc1nc(OCc2ccccc2F)c2cc(C)sc2n1. The van der Waals surface area contributed by atoms with Gasteiger partial charge in [0.15, 0.2) is 0 Å². The van der Waals surface area contributed by atoms with Crippen LogP contribution in [0.1, 0.15) is 10.4 Å². The Kier molecular flexibility index (Phi) is 3.70. The zero-order valence-corrected chi connectivity index (χ0v) is 12.5. The minimum atomic E-state index is -0.280. The maximum absolute atomic E-state index is 13.6. The van der Waals surface area contributed by atoms with Gasteiger partial charge in [0.1, 0.15) is 17.3 Å². The molecule has 2 aromatic heterocycles. The van der Waals surface area contributed by atoms with Crippen LogP contribution in [0.15, 0.2) is 30.3 Å². The Morgan fingerprint density at radius 3 is 2.86 bits per heavy atom. The van der Waals surface area contributed by atoms with Gasteiger partial charge >= 0.3 is 0 Å². The van der Waals surface area contributed by atoms with E-state index in [0.29, 0.717) is 17.4 Å². The number of hydrogen-bond acceptors (Lipinski definition) is 5. The van der Waals surface area contributed by atoms with E-state index in [2.05, 4.69) is 15.3 Å². The number of aryl methyl sites for hydroxylation is 1. The molecule has 0 amide bonds. The van der Waals surface area contributed by atoms with Gasteiger partial charge in [0.25, 0.3) is 0 Å². The van der Waals surface area contributed by atoms with Crippen molar-refractivity contribution in [1.29, 1.82) is 0 Å². The molecular weight excluding hydrogens is 289 g/mol. The van der Waals surface area contributed by atoms with E-state index in [-0.39, 0.29) is 12.4 Å². The maximum Gasteiger partial charge on any atom is 0.227 e. The van der Waals surface area contributed by atoms with Crippen LogP contribution in [0.2, 0.25) is 0 Å². The predicted octanol–water partition coefficient (Wildman–Crippen LogP) is 3.76. The van der Waals surface area contributed by atoms with Crippen LogP contribution in [-0.2, 0) is 6.61 Å². The smallest absolute Gasteiger partial charge is 0.227 e. The van der Waals surface area contributed by atoms with Crippen LogP contribution >= 0.6 is 11.3 Å². The fraction of sp³-hybridized carbons (Fsp3) is 0.200. The molecule has 0 atom stereocenters. The average molecular weight is 303 g/mol. The van der Waals surface area contributed by atoms with Gasteiger partial charge in [-0.3, -0.25) is 0 Å². The van der Waals surface area contributed by atoms with Gasteiger partial charge in [0.05, 0.1) is 5.39 Å². The molecule has 0 bridgehead atoms. The standard InChI is InChI=1S/C15H14FN3OS/c1-9-7-11-13(18-15(17-2)19-14(11)21-9)20-8-10-5-3-4-6-12(10)16/h3-7H,8H2,1-2H3,(H,17,18,19). The van der Waals surface area contributed by atoms with Crippen LogP contribution in [0, 0.1) is 12.7 Å². The van der Waals surface area contributed by atoms with Crippen LogP contribution < -0.4 is 10.1 Å². The van der Waals surface area contributed by atoms with Gasteiger partial charge in [-0.15, -0.1) is 11.3 Å². The third-order valence-corrected chi connectivity index (χ3v) is 3.97. The number of halogens is 1. The molecule has 0 radical (unpaired) electrons. The molecule has 2 heterocycles. The lowest BCUT2D eigenvalue weighted by molar-refractivity contribution is 0.292. The summed E-state index contributed by atoms with van der Waals surface area (Å²) in [5, 5.41) is 3.76. The molecule has 0 saturated heterocycles. The van der Waals surface area contributed by atoms with Gasteiger partial charge in [0, 0.05) is 17.5 Å². The first-order valence-corrected chi connectivity index (χ1v) is 7.31. The summed E-state index contributed by atoms with van der Waals surface area (Å²) in [6.45, 7) is 2.14. The Balaban J connectivity index is 1.94. The number of hydrogen-bond donors (Lipinski definition) is 1. The molecule has 0 spiro atoms. The predicted molar refractivity (Wildman–Crippen MR) is 82.4 cm³/mol. The summed E-state index contributed by atoms with van der Waals surface area (Å²) in [5.74, 6) is 0.683. The van der Waals surface area contributed by atoms with E-state index in [1.807, 2.05) is 13.0 Å². The molecule has 108 valence electrons. The Labute approximate surface area is 125 Å². The van der Waals surface area contributed by atoms with E-state index in [1.165, 1.54) is 6.07 Å². The summed E-state index contributed by atoms with van der Waals surface area (Å²) < 4.78 is 19.4. The van der Waals surface area contributed by atoms with Crippen molar-refractivity contribution >= 4 is 27.5 Å². The second-order valence-electron chi connectivity index (χ2n) is 4.56. The Bertz CT molecular complexity index is 788. The lowest BCUT2D eigenvalue weighted by Gasteiger charge is -2.08. The summed E-state index contributed by atoms with van der Waals surface area (Å²) >= 11 is 1.58. The summed E-state index contributed by atoms with van der Waals surface area (Å²) in [5.41, 5.74) is 0.502. The number of ether oxygens (including phenoxy) is 1. The largest absolute Gasteiger partial charge is 0.472 e. The maximum atomic E-state index is 13.6. The van der Waals surface area contributed by atoms with Crippen LogP contribution in [-0.4, -0.2) is 17.0 Å². The topological polar surface area (TPSA) is 47.0 Å². The fourth-order valence-electron chi connectivity index (χ4n) is 2.00. The van der Waals surface area contributed by atoms with Crippen molar-refractivity contribution in [3.05, 3.63) is 46.6 Å². The molecule has 0 saturated carbocycles. The molecule has 3 aromatic rings. The molecule has 21 heavy (non-hydrogen) atoms. The molecule has 3 rings (SSSR count). The highest BCUT2D eigenvalue weighted by atomic mass is 32.1. The number of benzene rings is 1. The molecular formula is C15H14FN3OS. The fourth-order valence-corrected chi connectivity index (χ4v) is 2.87. The van der Waals surface area contributed by atoms with Crippen molar-refractivity contribution in [2.24, 2.45) is 0 Å². The number of rotatable bonds is 4. The highest BCUT2D eigenvalue weighted by molar-refractivity contribution is 7.18. The third kappa shape index (κ3) is 2.80. The zero-order valence-electron chi connectivity index (χ0n) is 11.7. The first-order valence-electron chi connectivity index (χ1n) is 6.49. The minimum Gasteiger partial charge on any atom is -0.472 e. The monoisotopic (exact) mass is 303 g/mol. The Morgan fingerprint density at radius 1 is 1.29 bits per heavy atom. The second kappa shape index (κ2) is 5.65. The van der Waals surface area contributed by atoms with Gasteiger partial charge in [0.2, 0.25) is 11.8 Å². The van der Waals surface area contributed by atoms with E-state index in [0.717, 1.165) is 15.1 Å². The van der Waals surface area contributed by atoms with Gasteiger partial charge in [-0.2, -0.15) is 4.98 Å². The van der Waals surface area contributed by atoms with Gasteiger partial charge in [-0.05, 0) is 19.1 Å². The van der Waals surface area contributed by atoms with E-state index in [9.17, 15) is 4.39 Å². The molecule has 0 unspecified atom stereocenters. The van der Waals surface area contributed by atoms with E-state index >= 15 is 0 Å². The molecule has 1 N–H and O–H groups in total. The summed E-state index contributed by atoms with van der Waals surface area (Å²) in [6.07, 6.45) is 0. The van der Waals surface area contributed by atoms with Gasteiger partial charge in [-0.1, -0.05) is 18.2 Å². The quantitative estimate of drug-likeness (QED) is 0.797. The lowest BCUT2D eigenvalue weighted by Crippen LogP contribution is -2.03. The van der Waals surface area contributed by atoms with Crippen molar-refractivity contribution < 1.29 is 9.13 Å². The highest BCUT2D eigenvalue weighted by Gasteiger charge is 2.12. The molecule has 0 aliphatic heterocycles. The van der Waals surface area contributed by atoms with Crippen molar-refractivity contribution in [3.63, 3.8) is 0 Å². The summed E-state index contributed by atoms with van der Waals surface area (Å²) in [4.78, 5) is 10.7. The number of aromatic nitrogens is 2. The summed E-state index contributed by atoms with van der Waals surface area (Å²) in [6, 6.07) is 8.54. The molecule has 4 nitrogen and oxygen atoms in total. The van der Waals surface area contributed by atoms with Gasteiger partial charge < -0.3 is 10.1 Å². The molecule has 0 aliphatic carbocycles. The van der Waals surface area contributed by atoms with Crippen LogP contribution in [0.3, 0.4) is 0 Å². The van der Waals surface area contributed by atoms with Crippen LogP contribution in [0.25, 0.3) is 10.2 Å². The second-order valence-corrected chi connectivity index (χ2v) is 5.79. The summed E-state index contributed by atoms with van der Waals surface area (Å²) in [7, 11) is 1.75. The number of fused-ring (bicyclic) bond motifs is 1. The van der Waals surface area contributed by atoms with Crippen molar-refractivity contribution in [2.45, 2.75) is 13.5 Å².